The van der Waals surface area contributed by atoms with Crippen LogP contribution < -0.4 is 5.73 Å². The molecule has 0 aliphatic rings. The molecule has 0 radical (unpaired) electrons. The number of pyridine rings is 1. The molecule has 1 amide bonds. The number of rotatable bonds is 2. The van der Waals surface area contributed by atoms with Gasteiger partial charge in [-0.1, -0.05) is 11.2 Å². The van der Waals surface area contributed by atoms with Crippen LogP contribution in [0.5, 0.6) is 0 Å². The number of hydrogen-bond donors (Lipinski definition) is 2. The molecule has 0 saturated carbocycles. The van der Waals surface area contributed by atoms with Gasteiger partial charge in [0.15, 0.2) is 5.71 Å². The van der Waals surface area contributed by atoms with Crippen molar-refractivity contribution in [1.29, 1.82) is 0 Å². The minimum atomic E-state index is -0.809. The molecule has 1 heterocycles. The maximum atomic E-state index is 10.6. The van der Waals surface area contributed by atoms with Crippen molar-refractivity contribution in [3.05, 3.63) is 30.1 Å². The number of oxime groups is 1. The van der Waals surface area contributed by atoms with Gasteiger partial charge in [0.25, 0.3) is 5.91 Å². The molecular weight excluding hydrogens is 158 g/mol. The second kappa shape index (κ2) is 3.47. The number of carbonyl (C=O) groups is 1. The van der Waals surface area contributed by atoms with Gasteiger partial charge in [-0.05, 0) is 12.1 Å². The molecule has 0 saturated heterocycles. The van der Waals surface area contributed by atoms with E-state index in [2.05, 4.69) is 10.1 Å². The van der Waals surface area contributed by atoms with E-state index in [-0.39, 0.29) is 11.4 Å². The Balaban J connectivity index is 3.05. The van der Waals surface area contributed by atoms with Gasteiger partial charge in [-0.15, -0.1) is 0 Å². The summed E-state index contributed by atoms with van der Waals surface area (Å²) < 4.78 is 0. The van der Waals surface area contributed by atoms with Crippen LogP contribution in [0.2, 0.25) is 0 Å². The van der Waals surface area contributed by atoms with E-state index in [1.165, 1.54) is 12.3 Å². The van der Waals surface area contributed by atoms with Crippen LogP contribution in [0, 0.1) is 0 Å². The van der Waals surface area contributed by atoms with E-state index in [9.17, 15) is 4.79 Å². The molecule has 12 heavy (non-hydrogen) atoms. The van der Waals surface area contributed by atoms with Crippen molar-refractivity contribution in [2.45, 2.75) is 0 Å². The monoisotopic (exact) mass is 165 g/mol. The SMILES string of the molecule is NC(=O)C(=NO)c1ccccn1. The fraction of sp³-hybridized carbons (Fsp3) is 0. The van der Waals surface area contributed by atoms with Crippen LogP contribution in [0.25, 0.3) is 0 Å². The number of carbonyl (C=O) groups excluding carboxylic acids is 1. The third kappa shape index (κ3) is 1.57. The minimum Gasteiger partial charge on any atom is -0.410 e. The summed E-state index contributed by atoms with van der Waals surface area (Å²) in [5.41, 5.74) is 4.93. The van der Waals surface area contributed by atoms with Crippen LogP contribution in [0.3, 0.4) is 0 Å². The van der Waals surface area contributed by atoms with Gasteiger partial charge in [-0.2, -0.15) is 0 Å². The summed E-state index contributed by atoms with van der Waals surface area (Å²) in [5, 5.41) is 11.1. The zero-order chi connectivity index (χ0) is 8.97. The lowest BCUT2D eigenvalue weighted by molar-refractivity contribution is -0.112. The van der Waals surface area contributed by atoms with Crippen LogP contribution in [0.1, 0.15) is 5.69 Å². The van der Waals surface area contributed by atoms with Crippen LogP contribution in [0.15, 0.2) is 29.6 Å². The Kier molecular flexibility index (Phi) is 2.37. The van der Waals surface area contributed by atoms with E-state index in [0.29, 0.717) is 0 Å². The summed E-state index contributed by atoms with van der Waals surface area (Å²) in [6.45, 7) is 0. The predicted octanol–water partition coefficient (Wildman–Crippen LogP) is -0.255. The highest BCUT2D eigenvalue weighted by atomic mass is 16.4. The molecule has 1 aromatic heterocycles. The fourth-order valence-electron chi connectivity index (χ4n) is 0.730. The smallest absolute Gasteiger partial charge is 0.273 e. The quantitative estimate of drug-likeness (QED) is 0.359. The third-order valence-electron chi connectivity index (χ3n) is 1.24. The van der Waals surface area contributed by atoms with Crippen molar-refractivity contribution < 1.29 is 10.0 Å². The van der Waals surface area contributed by atoms with Gasteiger partial charge < -0.3 is 10.9 Å². The van der Waals surface area contributed by atoms with Gasteiger partial charge in [-0.25, -0.2) is 0 Å². The molecule has 1 rings (SSSR count). The molecule has 62 valence electrons. The van der Waals surface area contributed by atoms with Crippen molar-refractivity contribution in [3.63, 3.8) is 0 Å². The van der Waals surface area contributed by atoms with Gasteiger partial charge in [0, 0.05) is 6.20 Å². The second-order valence-corrected chi connectivity index (χ2v) is 2.03. The van der Waals surface area contributed by atoms with Crippen LogP contribution in [0.4, 0.5) is 0 Å². The molecule has 0 spiro atoms. The number of aromatic nitrogens is 1. The lowest BCUT2D eigenvalue weighted by Crippen LogP contribution is -2.25. The van der Waals surface area contributed by atoms with E-state index < -0.39 is 5.91 Å². The zero-order valence-corrected chi connectivity index (χ0v) is 6.14. The van der Waals surface area contributed by atoms with Gasteiger partial charge in [0.2, 0.25) is 0 Å². The lowest BCUT2D eigenvalue weighted by Gasteiger charge is -1.96. The number of nitrogens with zero attached hydrogens (tertiary/aromatic N) is 2. The van der Waals surface area contributed by atoms with E-state index in [4.69, 9.17) is 10.9 Å². The van der Waals surface area contributed by atoms with Crippen LogP contribution in [-0.4, -0.2) is 21.8 Å². The Labute approximate surface area is 68.5 Å². The molecule has 5 nitrogen and oxygen atoms in total. The van der Waals surface area contributed by atoms with Gasteiger partial charge in [0.05, 0.1) is 5.69 Å². The molecule has 0 atom stereocenters. The Hall–Kier alpha value is -1.91. The molecule has 0 aliphatic heterocycles. The fourth-order valence-corrected chi connectivity index (χ4v) is 0.730. The van der Waals surface area contributed by atoms with Gasteiger partial charge in [-0.3, -0.25) is 9.78 Å². The molecule has 1 aromatic rings. The molecule has 0 aromatic carbocycles. The minimum absolute atomic E-state index is 0.240. The van der Waals surface area contributed by atoms with E-state index in [1.54, 1.807) is 12.1 Å². The Morgan fingerprint density at radius 3 is 2.75 bits per heavy atom. The summed E-state index contributed by atoms with van der Waals surface area (Å²) in [6, 6.07) is 4.87. The van der Waals surface area contributed by atoms with Gasteiger partial charge >= 0.3 is 0 Å². The van der Waals surface area contributed by atoms with Crippen molar-refractivity contribution >= 4 is 11.6 Å². The molecule has 0 fully saturated rings. The third-order valence-corrected chi connectivity index (χ3v) is 1.24. The first-order valence-corrected chi connectivity index (χ1v) is 3.19. The summed E-state index contributed by atoms with van der Waals surface area (Å²) >= 11 is 0. The molecule has 5 heteroatoms. The number of hydrogen-bond acceptors (Lipinski definition) is 4. The zero-order valence-electron chi connectivity index (χ0n) is 6.14. The largest absolute Gasteiger partial charge is 0.410 e. The number of nitrogens with two attached hydrogens (primary N) is 1. The highest BCUT2D eigenvalue weighted by Crippen LogP contribution is 1.95. The number of primary amides is 1. The van der Waals surface area contributed by atoms with Crippen molar-refractivity contribution in [2.24, 2.45) is 10.9 Å². The molecule has 0 aliphatic carbocycles. The summed E-state index contributed by atoms with van der Waals surface area (Å²) in [5.74, 6) is -0.809. The van der Waals surface area contributed by atoms with Crippen LogP contribution in [-0.2, 0) is 4.79 Å². The van der Waals surface area contributed by atoms with Gasteiger partial charge in [0.1, 0.15) is 0 Å². The average molecular weight is 165 g/mol. The van der Waals surface area contributed by atoms with Crippen molar-refractivity contribution in [1.82, 2.24) is 4.98 Å². The highest BCUT2D eigenvalue weighted by Gasteiger charge is 2.10. The Bertz CT molecular complexity index is 308. The van der Waals surface area contributed by atoms with E-state index in [0.717, 1.165) is 0 Å². The summed E-state index contributed by atoms with van der Waals surface area (Å²) in [7, 11) is 0. The first kappa shape index (κ1) is 8.19. The maximum Gasteiger partial charge on any atom is 0.273 e. The second-order valence-electron chi connectivity index (χ2n) is 2.03. The highest BCUT2D eigenvalue weighted by molar-refractivity contribution is 6.44. The number of amides is 1. The van der Waals surface area contributed by atoms with Crippen LogP contribution >= 0.6 is 0 Å². The Morgan fingerprint density at radius 2 is 2.33 bits per heavy atom. The molecule has 0 unspecified atom stereocenters. The standard InChI is InChI=1S/C7H7N3O2/c8-7(11)6(10-12)5-3-1-2-4-9-5/h1-4,12H,(H2,8,11). The Morgan fingerprint density at radius 1 is 1.58 bits per heavy atom. The topological polar surface area (TPSA) is 88.6 Å². The van der Waals surface area contributed by atoms with Crippen molar-refractivity contribution in [3.8, 4) is 0 Å². The first-order valence-electron chi connectivity index (χ1n) is 3.19. The molecule has 0 bridgehead atoms. The predicted molar refractivity (Wildman–Crippen MR) is 41.8 cm³/mol. The molecular formula is C7H7N3O2. The molecule has 3 N–H and O–H groups in total. The maximum absolute atomic E-state index is 10.6. The summed E-state index contributed by atoms with van der Waals surface area (Å²) in [6.07, 6.45) is 1.48. The lowest BCUT2D eigenvalue weighted by atomic mass is 10.2. The van der Waals surface area contributed by atoms with Crippen molar-refractivity contribution in [2.75, 3.05) is 0 Å². The van der Waals surface area contributed by atoms with E-state index in [1.807, 2.05) is 0 Å². The van der Waals surface area contributed by atoms with E-state index >= 15 is 0 Å². The normalized spacial score (nSPS) is 11.2. The average Bonchev–Trinajstić information content (AvgIpc) is 2.07. The first-order chi connectivity index (χ1) is 5.75. The summed E-state index contributed by atoms with van der Waals surface area (Å²) in [4.78, 5) is 14.4.